The van der Waals surface area contributed by atoms with Crippen molar-refractivity contribution in [2.75, 3.05) is 5.32 Å². The van der Waals surface area contributed by atoms with Gasteiger partial charge in [0.2, 0.25) is 5.91 Å². The number of halogens is 1. The summed E-state index contributed by atoms with van der Waals surface area (Å²) in [5.74, 6) is 2.55. The Bertz CT molecular complexity index is 500. The largest absolute Gasteiger partial charge is 0.326 e. The number of hydrogen-bond donors (Lipinski definition) is 1. The number of aryl methyl sites for hydroxylation is 1. The Hall–Kier alpha value is -0.830. The molecule has 1 aromatic rings. The molecule has 2 nitrogen and oxygen atoms in total. The van der Waals surface area contributed by atoms with Gasteiger partial charge in [-0.15, -0.1) is 0 Å². The second-order valence-electron chi connectivity index (χ2n) is 6.15. The summed E-state index contributed by atoms with van der Waals surface area (Å²) in [4.78, 5) is 12.2. The maximum Gasteiger partial charge on any atom is 0.224 e. The molecule has 3 heteroatoms. The first-order chi connectivity index (χ1) is 9.11. The quantitative estimate of drug-likeness (QED) is 0.871. The number of fused-ring (bicyclic) bond motifs is 2. The summed E-state index contributed by atoms with van der Waals surface area (Å²) in [5, 5.41) is 3.06. The number of hydrogen-bond acceptors (Lipinski definition) is 1. The van der Waals surface area contributed by atoms with Crippen LogP contribution in [-0.2, 0) is 4.79 Å². The molecule has 2 aliphatic rings. The van der Waals surface area contributed by atoms with Crippen LogP contribution in [0.25, 0.3) is 0 Å². The summed E-state index contributed by atoms with van der Waals surface area (Å²) >= 11 is 3.44. The van der Waals surface area contributed by atoms with Crippen LogP contribution in [0.2, 0.25) is 0 Å². The minimum absolute atomic E-state index is 0.183. The van der Waals surface area contributed by atoms with Crippen molar-refractivity contribution in [3.8, 4) is 0 Å². The second-order valence-corrected chi connectivity index (χ2v) is 7.06. The van der Waals surface area contributed by atoms with E-state index in [4.69, 9.17) is 0 Å². The predicted molar refractivity (Wildman–Crippen MR) is 81.1 cm³/mol. The first kappa shape index (κ1) is 13.2. The molecule has 2 saturated carbocycles. The van der Waals surface area contributed by atoms with Crippen LogP contribution in [0.1, 0.15) is 37.7 Å². The van der Waals surface area contributed by atoms with Crippen molar-refractivity contribution in [2.45, 2.75) is 39.0 Å². The summed E-state index contributed by atoms with van der Waals surface area (Å²) in [7, 11) is 0. The molecule has 0 unspecified atom stereocenters. The molecule has 2 fully saturated rings. The van der Waals surface area contributed by atoms with Gasteiger partial charge in [0.1, 0.15) is 0 Å². The molecule has 0 spiro atoms. The number of benzene rings is 1. The van der Waals surface area contributed by atoms with E-state index in [2.05, 4.69) is 21.2 Å². The minimum atomic E-state index is 0.183. The van der Waals surface area contributed by atoms with Crippen LogP contribution >= 0.6 is 15.9 Å². The molecular formula is C16H20BrNO. The van der Waals surface area contributed by atoms with Gasteiger partial charge >= 0.3 is 0 Å². The van der Waals surface area contributed by atoms with Crippen LogP contribution in [0.5, 0.6) is 0 Å². The lowest BCUT2D eigenvalue weighted by molar-refractivity contribution is -0.117. The summed E-state index contributed by atoms with van der Waals surface area (Å²) in [6, 6.07) is 5.98. The lowest BCUT2D eigenvalue weighted by Crippen LogP contribution is -2.20. The molecule has 0 saturated heterocycles. The summed E-state index contributed by atoms with van der Waals surface area (Å²) in [6.45, 7) is 2.03. The Labute approximate surface area is 123 Å². The van der Waals surface area contributed by atoms with E-state index in [0.29, 0.717) is 12.3 Å². The molecule has 0 aromatic heterocycles. The van der Waals surface area contributed by atoms with Crippen LogP contribution in [0.4, 0.5) is 5.69 Å². The van der Waals surface area contributed by atoms with E-state index in [9.17, 15) is 4.79 Å². The maximum absolute atomic E-state index is 12.2. The van der Waals surface area contributed by atoms with Gasteiger partial charge in [-0.05, 0) is 67.7 Å². The molecule has 3 rings (SSSR count). The molecule has 0 radical (unpaired) electrons. The van der Waals surface area contributed by atoms with Gasteiger partial charge in [-0.25, -0.2) is 0 Å². The monoisotopic (exact) mass is 321 g/mol. The maximum atomic E-state index is 12.2. The Morgan fingerprint density at radius 3 is 2.84 bits per heavy atom. The molecule has 3 atom stereocenters. The summed E-state index contributed by atoms with van der Waals surface area (Å²) < 4.78 is 1.05. The SMILES string of the molecule is Cc1cc(Br)ccc1NC(=O)C[C@@H]1C[C@@H]2CC[C@@H]1C2. The van der Waals surface area contributed by atoms with Crippen LogP contribution in [0.3, 0.4) is 0 Å². The van der Waals surface area contributed by atoms with Gasteiger partial charge in [0.15, 0.2) is 0 Å². The van der Waals surface area contributed by atoms with Crippen molar-refractivity contribution in [2.24, 2.45) is 17.8 Å². The molecule has 1 aromatic carbocycles. The molecular weight excluding hydrogens is 302 g/mol. The Balaban J connectivity index is 1.59. The third-order valence-electron chi connectivity index (χ3n) is 4.79. The van der Waals surface area contributed by atoms with Crippen LogP contribution in [-0.4, -0.2) is 5.91 Å². The number of nitrogens with one attached hydrogen (secondary N) is 1. The van der Waals surface area contributed by atoms with Gasteiger partial charge in [-0.3, -0.25) is 4.79 Å². The highest BCUT2D eigenvalue weighted by Crippen LogP contribution is 2.49. The standard InChI is InChI=1S/C16H20BrNO/c1-10-6-14(17)4-5-15(10)18-16(19)9-13-8-11-2-3-12(13)7-11/h4-6,11-13H,2-3,7-9H2,1H3,(H,18,19)/t11-,12-,13+/m1/s1. The number of carbonyl (C=O) groups is 1. The highest BCUT2D eigenvalue weighted by atomic mass is 79.9. The van der Waals surface area contributed by atoms with E-state index in [1.165, 1.54) is 25.7 Å². The van der Waals surface area contributed by atoms with E-state index in [0.717, 1.165) is 27.6 Å². The fourth-order valence-corrected chi connectivity index (χ4v) is 4.31. The molecule has 0 aliphatic heterocycles. The van der Waals surface area contributed by atoms with Crippen molar-refractivity contribution < 1.29 is 4.79 Å². The van der Waals surface area contributed by atoms with E-state index in [-0.39, 0.29) is 5.91 Å². The summed E-state index contributed by atoms with van der Waals surface area (Å²) in [5.41, 5.74) is 2.05. The van der Waals surface area contributed by atoms with Crippen LogP contribution < -0.4 is 5.32 Å². The number of anilines is 1. The number of amides is 1. The lowest BCUT2D eigenvalue weighted by Gasteiger charge is -2.21. The highest BCUT2D eigenvalue weighted by Gasteiger charge is 2.40. The third kappa shape index (κ3) is 2.86. The van der Waals surface area contributed by atoms with Crippen molar-refractivity contribution in [1.82, 2.24) is 0 Å². The molecule has 1 N–H and O–H groups in total. The molecule has 102 valence electrons. The van der Waals surface area contributed by atoms with Crippen LogP contribution in [0, 0.1) is 24.7 Å². The van der Waals surface area contributed by atoms with Gasteiger partial charge in [0.05, 0.1) is 0 Å². The van der Waals surface area contributed by atoms with Crippen molar-refractivity contribution in [3.63, 3.8) is 0 Å². The topological polar surface area (TPSA) is 29.1 Å². The predicted octanol–water partition coefficient (Wildman–Crippen LogP) is 4.52. The van der Waals surface area contributed by atoms with E-state index in [1.54, 1.807) is 0 Å². The third-order valence-corrected chi connectivity index (χ3v) is 5.29. The highest BCUT2D eigenvalue weighted by molar-refractivity contribution is 9.10. The Kier molecular flexibility index (Phi) is 3.66. The number of carbonyl (C=O) groups excluding carboxylic acids is 1. The van der Waals surface area contributed by atoms with Crippen LogP contribution in [0.15, 0.2) is 22.7 Å². The Morgan fingerprint density at radius 2 is 2.21 bits per heavy atom. The zero-order valence-corrected chi connectivity index (χ0v) is 12.9. The lowest BCUT2D eigenvalue weighted by atomic mass is 9.86. The first-order valence-corrected chi connectivity index (χ1v) is 7.97. The average Bonchev–Trinajstić information content (AvgIpc) is 2.95. The molecule has 2 aliphatic carbocycles. The van der Waals surface area contributed by atoms with E-state index < -0.39 is 0 Å². The molecule has 0 heterocycles. The fraction of sp³-hybridized carbons (Fsp3) is 0.562. The second kappa shape index (κ2) is 5.28. The number of rotatable bonds is 3. The fourth-order valence-electron chi connectivity index (χ4n) is 3.83. The van der Waals surface area contributed by atoms with Gasteiger partial charge < -0.3 is 5.32 Å². The molecule has 19 heavy (non-hydrogen) atoms. The van der Waals surface area contributed by atoms with Crippen molar-refractivity contribution in [3.05, 3.63) is 28.2 Å². The smallest absolute Gasteiger partial charge is 0.224 e. The average molecular weight is 322 g/mol. The zero-order valence-electron chi connectivity index (χ0n) is 11.3. The van der Waals surface area contributed by atoms with Crippen molar-refractivity contribution in [1.29, 1.82) is 0 Å². The minimum Gasteiger partial charge on any atom is -0.326 e. The Morgan fingerprint density at radius 1 is 1.37 bits per heavy atom. The van der Waals surface area contributed by atoms with E-state index in [1.807, 2.05) is 25.1 Å². The first-order valence-electron chi connectivity index (χ1n) is 7.18. The van der Waals surface area contributed by atoms with Crippen molar-refractivity contribution >= 4 is 27.5 Å². The van der Waals surface area contributed by atoms with Gasteiger partial charge in [0, 0.05) is 16.6 Å². The van der Waals surface area contributed by atoms with E-state index >= 15 is 0 Å². The molecule has 1 amide bonds. The normalized spacial score (nSPS) is 28.6. The molecule has 2 bridgehead atoms. The zero-order chi connectivity index (χ0) is 13.4. The van der Waals surface area contributed by atoms with Gasteiger partial charge in [-0.1, -0.05) is 22.4 Å². The van der Waals surface area contributed by atoms with Gasteiger partial charge in [-0.2, -0.15) is 0 Å². The van der Waals surface area contributed by atoms with Gasteiger partial charge in [0.25, 0.3) is 0 Å². The summed E-state index contributed by atoms with van der Waals surface area (Å²) in [6.07, 6.45) is 6.10.